The molecule has 4 rings (SSSR count). The summed E-state index contributed by atoms with van der Waals surface area (Å²) < 4.78 is 21.7. The fourth-order valence-electron chi connectivity index (χ4n) is 3.39. The van der Waals surface area contributed by atoms with E-state index in [0.29, 0.717) is 29.2 Å². The molecule has 3 aromatic rings. The molecule has 1 aliphatic rings. The van der Waals surface area contributed by atoms with Crippen LogP contribution < -0.4 is 14.2 Å². The summed E-state index contributed by atoms with van der Waals surface area (Å²) in [5.74, 6) is 1.60. The van der Waals surface area contributed by atoms with Crippen LogP contribution >= 0.6 is 0 Å². The first kappa shape index (κ1) is 21.2. The molecule has 0 amide bonds. The van der Waals surface area contributed by atoms with Gasteiger partial charge in [-0.2, -0.15) is 0 Å². The molecule has 1 aliphatic heterocycles. The van der Waals surface area contributed by atoms with Crippen LogP contribution in [0.3, 0.4) is 0 Å². The lowest BCUT2D eigenvalue weighted by molar-refractivity contribution is 0.0600. The van der Waals surface area contributed by atoms with Gasteiger partial charge in [-0.15, -0.1) is 0 Å². The molecular formula is C26H22O6. The predicted molar refractivity (Wildman–Crippen MR) is 119 cm³/mol. The van der Waals surface area contributed by atoms with E-state index in [1.165, 1.54) is 7.11 Å². The lowest BCUT2D eigenvalue weighted by atomic mass is 10.1. The molecule has 6 heteroatoms. The maximum atomic E-state index is 12.8. The molecule has 0 atom stereocenters. The molecule has 0 radical (unpaired) electrons. The van der Waals surface area contributed by atoms with E-state index in [-0.39, 0.29) is 17.5 Å². The van der Waals surface area contributed by atoms with Gasteiger partial charge in [-0.05, 0) is 60.5 Å². The molecule has 162 valence electrons. The Morgan fingerprint density at radius 1 is 0.969 bits per heavy atom. The summed E-state index contributed by atoms with van der Waals surface area (Å²) in [5.41, 5.74) is 3.48. The number of carbonyl (C=O) groups is 2. The van der Waals surface area contributed by atoms with E-state index >= 15 is 0 Å². The van der Waals surface area contributed by atoms with E-state index in [9.17, 15) is 9.59 Å². The Labute approximate surface area is 186 Å². The fraction of sp³-hybridized carbons (Fsp3) is 0.154. The third-order valence-corrected chi connectivity index (χ3v) is 5.22. The van der Waals surface area contributed by atoms with E-state index in [1.54, 1.807) is 37.5 Å². The third-order valence-electron chi connectivity index (χ3n) is 5.22. The van der Waals surface area contributed by atoms with Crippen molar-refractivity contribution >= 4 is 17.8 Å². The number of allylic oxidation sites excluding steroid dienone is 1. The highest BCUT2D eigenvalue weighted by atomic mass is 16.5. The Kier molecular flexibility index (Phi) is 5.94. The summed E-state index contributed by atoms with van der Waals surface area (Å²) in [7, 11) is 2.95. The second kappa shape index (κ2) is 8.98. The number of esters is 1. The van der Waals surface area contributed by atoms with Gasteiger partial charge in [0.2, 0.25) is 5.78 Å². The monoisotopic (exact) mass is 430 g/mol. The lowest BCUT2D eigenvalue weighted by Crippen LogP contribution is -2.02. The van der Waals surface area contributed by atoms with Crippen molar-refractivity contribution in [2.75, 3.05) is 14.2 Å². The zero-order valence-corrected chi connectivity index (χ0v) is 18.0. The summed E-state index contributed by atoms with van der Waals surface area (Å²) in [4.78, 5) is 24.3. The molecule has 0 saturated heterocycles. The zero-order chi connectivity index (χ0) is 22.7. The number of fused-ring (bicyclic) bond motifs is 1. The van der Waals surface area contributed by atoms with Crippen molar-refractivity contribution in [2.45, 2.75) is 13.5 Å². The summed E-state index contributed by atoms with van der Waals surface area (Å²) in [6, 6.07) is 17.9. The standard InChI is InChI=1S/C26H22O6/c1-16-22(31-15-18-4-8-19(9-5-18)26(28)30-3)13-12-21-24(27)23(32-25(16)21)14-17-6-10-20(29-2)11-7-17/h4-14H,15H2,1-3H3/b23-14-. The SMILES string of the molecule is COC(=O)c1ccc(COc2ccc3c(c2C)O/C(=C\c2ccc(OC)cc2)C3=O)cc1. The van der Waals surface area contributed by atoms with Gasteiger partial charge >= 0.3 is 5.97 Å². The van der Waals surface area contributed by atoms with E-state index in [0.717, 1.165) is 22.4 Å². The van der Waals surface area contributed by atoms with Crippen molar-refractivity contribution in [1.82, 2.24) is 0 Å². The molecule has 6 nitrogen and oxygen atoms in total. The zero-order valence-electron chi connectivity index (χ0n) is 18.0. The van der Waals surface area contributed by atoms with E-state index in [2.05, 4.69) is 0 Å². The highest BCUT2D eigenvalue weighted by Crippen LogP contribution is 2.39. The minimum atomic E-state index is -0.382. The van der Waals surface area contributed by atoms with Crippen molar-refractivity contribution in [3.8, 4) is 17.2 Å². The molecule has 0 spiro atoms. The van der Waals surface area contributed by atoms with Crippen LogP contribution in [0.25, 0.3) is 6.08 Å². The maximum Gasteiger partial charge on any atom is 0.337 e. The van der Waals surface area contributed by atoms with Gasteiger partial charge in [-0.1, -0.05) is 24.3 Å². The van der Waals surface area contributed by atoms with Crippen molar-refractivity contribution in [3.05, 3.63) is 94.2 Å². The first-order chi connectivity index (χ1) is 15.5. The van der Waals surface area contributed by atoms with Gasteiger partial charge in [0.25, 0.3) is 0 Å². The minimum Gasteiger partial charge on any atom is -0.497 e. The smallest absolute Gasteiger partial charge is 0.337 e. The summed E-state index contributed by atoms with van der Waals surface area (Å²) >= 11 is 0. The maximum absolute atomic E-state index is 12.8. The van der Waals surface area contributed by atoms with Crippen LogP contribution in [0.4, 0.5) is 0 Å². The molecule has 32 heavy (non-hydrogen) atoms. The van der Waals surface area contributed by atoms with Crippen molar-refractivity contribution in [1.29, 1.82) is 0 Å². The highest BCUT2D eigenvalue weighted by Gasteiger charge is 2.30. The van der Waals surface area contributed by atoms with Crippen LogP contribution in [0.1, 0.15) is 37.4 Å². The van der Waals surface area contributed by atoms with Gasteiger partial charge in [-0.25, -0.2) is 4.79 Å². The van der Waals surface area contributed by atoms with Gasteiger partial charge in [0.15, 0.2) is 5.76 Å². The fourth-order valence-corrected chi connectivity index (χ4v) is 3.39. The molecule has 0 saturated carbocycles. The van der Waals surface area contributed by atoms with Crippen molar-refractivity contribution in [3.63, 3.8) is 0 Å². The number of rotatable bonds is 6. The second-order valence-electron chi connectivity index (χ2n) is 7.26. The van der Waals surface area contributed by atoms with Crippen LogP contribution in [-0.4, -0.2) is 26.0 Å². The lowest BCUT2D eigenvalue weighted by Gasteiger charge is -2.12. The van der Waals surface area contributed by atoms with Crippen LogP contribution in [0.5, 0.6) is 17.2 Å². The highest BCUT2D eigenvalue weighted by molar-refractivity contribution is 6.15. The normalized spacial score (nSPS) is 13.5. The van der Waals surface area contributed by atoms with Crippen LogP contribution in [0, 0.1) is 6.92 Å². The van der Waals surface area contributed by atoms with Crippen LogP contribution in [-0.2, 0) is 11.3 Å². The van der Waals surface area contributed by atoms with Gasteiger partial charge in [0, 0.05) is 5.56 Å². The first-order valence-electron chi connectivity index (χ1n) is 10.0. The third kappa shape index (κ3) is 4.21. The quantitative estimate of drug-likeness (QED) is 0.406. The Bertz CT molecular complexity index is 1190. The summed E-state index contributed by atoms with van der Waals surface area (Å²) in [5, 5.41) is 0. The molecule has 0 unspecified atom stereocenters. The number of carbonyl (C=O) groups excluding carboxylic acids is 2. The Morgan fingerprint density at radius 3 is 2.34 bits per heavy atom. The number of methoxy groups -OCH3 is 2. The van der Waals surface area contributed by atoms with E-state index in [1.807, 2.05) is 43.3 Å². The average molecular weight is 430 g/mol. The Morgan fingerprint density at radius 2 is 1.69 bits per heavy atom. The van der Waals surface area contributed by atoms with Crippen LogP contribution in [0.15, 0.2) is 66.4 Å². The van der Waals surface area contributed by atoms with Crippen molar-refractivity contribution in [2.24, 2.45) is 0 Å². The van der Waals surface area contributed by atoms with Gasteiger partial charge in [0.1, 0.15) is 23.9 Å². The first-order valence-corrected chi connectivity index (χ1v) is 10.0. The largest absolute Gasteiger partial charge is 0.497 e. The summed E-state index contributed by atoms with van der Waals surface area (Å²) in [6.07, 6.45) is 1.71. The topological polar surface area (TPSA) is 71.1 Å². The minimum absolute atomic E-state index is 0.163. The molecule has 3 aromatic carbocycles. The number of hydrogen-bond donors (Lipinski definition) is 0. The van der Waals surface area contributed by atoms with Gasteiger partial charge in [0.05, 0.1) is 25.3 Å². The molecule has 0 fully saturated rings. The molecule has 0 aliphatic carbocycles. The average Bonchev–Trinajstić information content (AvgIpc) is 3.15. The molecule has 1 heterocycles. The van der Waals surface area contributed by atoms with Crippen molar-refractivity contribution < 1.29 is 28.5 Å². The number of ketones is 1. The summed E-state index contributed by atoms with van der Waals surface area (Å²) in [6.45, 7) is 2.17. The molecule has 0 N–H and O–H groups in total. The number of Topliss-reactive ketones (excluding diaryl/α,β-unsaturated/α-hetero) is 1. The molecule has 0 aromatic heterocycles. The van der Waals surface area contributed by atoms with Gasteiger partial charge < -0.3 is 18.9 Å². The number of hydrogen-bond acceptors (Lipinski definition) is 6. The van der Waals surface area contributed by atoms with E-state index < -0.39 is 0 Å². The number of ether oxygens (including phenoxy) is 4. The molecule has 0 bridgehead atoms. The van der Waals surface area contributed by atoms with Crippen LogP contribution in [0.2, 0.25) is 0 Å². The second-order valence-corrected chi connectivity index (χ2v) is 7.26. The number of benzene rings is 3. The molecular weight excluding hydrogens is 408 g/mol. The Balaban J connectivity index is 1.49. The predicted octanol–water partition coefficient (Wildman–Crippen LogP) is 4.99. The van der Waals surface area contributed by atoms with E-state index in [4.69, 9.17) is 18.9 Å². The Hall–Kier alpha value is -4.06. The van der Waals surface area contributed by atoms with Gasteiger partial charge in [-0.3, -0.25) is 4.79 Å².